The molecule has 1 aromatic rings. The van der Waals surface area contributed by atoms with Gasteiger partial charge < -0.3 is 9.84 Å². The lowest BCUT2D eigenvalue weighted by atomic mass is 9.91. The molecule has 0 spiro atoms. The van der Waals surface area contributed by atoms with Gasteiger partial charge in [0.25, 0.3) is 0 Å². The first-order valence-electron chi connectivity index (χ1n) is 6.42. The van der Waals surface area contributed by atoms with Gasteiger partial charge in [-0.3, -0.25) is 4.90 Å². The molecular weight excluding hydrogens is 216 g/mol. The molecule has 2 atom stereocenters. The second-order valence-corrected chi connectivity index (χ2v) is 5.67. The third-order valence-electron chi connectivity index (χ3n) is 4.19. The minimum atomic E-state index is 0.274. The molecule has 5 nitrogen and oxygen atoms in total. The number of aromatic nitrogens is 2. The van der Waals surface area contributed by atoms with Gasteiger partial charge in [-0.1, -0.05) is 5.16 Å². The molecule has 2 aliphatic rings. The molecule has 2 fully saturated rings. The second-order valence-electron chi connectivity index (χ2n) is 5.67. The maximum absolute atomic E-state index is 4.80. The van der Waals surface area contributed by atoms with Crippen molar-refractivity contribution < 1.29 is 4.52 Å². The van der Waals surface area contributed by atoms with Crippen molar-refractivity contribution in [3.05, 3.63) is 12.2 Å². The zero-order valence-electron chi connectivity index (χ0n) is 10.5. The van der Waals surface area contributed by atoms with Crippen LogP contribution < -0.4 is 5.32 Å². The summed E-state index contributed by atoms with van der Waals surface area (Å²) < 4.78 is 4.80. The van der Waals surface area contributed by atoms with Gasteiger partial charge in [0.2, 0.25) is 6.39 Å². The molecule has 5 heteroatoms. The third kappa shape index (κ3) is 2.21. The van der Waals surface area contributed by atoms with E-state index in [0.29, 0.717) is 6.04 Å². The average Bonchev–Trinajstić information content (AvgIpc) is 3.05. The van der Waals surface area contributed by atoms with Crippen LogP contribution in [0.2, 0.25) is 0 Å². The monoisotopic (exact) mass is 236 g/mol. The molecule has 2 heterocycles. The summed E-state index contributed by atoms with van der Waals surface area (Å²) in [5, 5.41) is 7.62. The summed E-state index contributed by atoms with van der Waals surface area (Å²) in [4.78, 5) is 6.57. The predicted octanol–water partition coefficient (Wildman–Crippen LogP) is 1.03. The van der Waals surface area contributed by atoms with Crippen LogP contribution in [0.1, 0.15) is 32.5 Å². The van der Waals surface area contributed by atoms with Crippen molar-refractivity contribution in [2.45, 2.75) is 44.8 Å². The van der Waals surface area contributed by atoms with Crippen molar-refractivity contribution in [3.63, 3.8) is 0 Å². The van der Waals surface area contributed by atoms with E-state index in [0.717, 1.165) is 31.4 Å². The number of piperazine rings is 1. The Kier molecular flexibility index (Phi) is 2.67. The fourth-order valence-electron chi connectivity index (χ4n) is 2.79. The van der Waals surface area contributed by atoms with Crippen molar-refractivity contribution >= 4 is 0 Å². The standard InChI is InChI=1S/C12H20N4O/c1-9-5-14-12(2,10-3-4-10)7-16(9)6-11-13-8-17-15-11/h8-10,14H,3-7H2,1-2H3. The van der Waals surface area contributed by atoms with Gasteiger partial charge in [0.05, 0.1) is 6.54 Å². The highest BCUT2D eigenvalue weighted by Gasteiger charge is 2.45. The lowest BCUT2D eigenvalue weighted by molar-refractivity contribution is 0.0742. The van der Waals surface area contributed by atoms with Crippen LogP contribution in [0.4, 0.5) is 0 Å². The first kappa shape index (κ1) is 11.2. The SMILES string of the molecule is CC1CNC(C)(C2CC2)CN1Cc1ncon1. The average molecular weight is 236 g/mol. The smallest absolute Gasteiger partial charge is 0.213 e. The van der Waals surface area contributed by atoms with Gasteiger partial charge in [-0.15, -0.1) is 0 Å². The van der Waals surface area contributed by atoms with Crippen molar-refractivity contribution in [1.29, 1.82) is 0 Å². The molecular formula is C12H20N4O. The normalized spacial score (nSPS) is 35.1. The first-order chi connectivity index (χ1) is 8.17. The summed E-state index contributed by atoms with van der Waals surface area (Å²) in [6.45, 7) is 7.51. The molecule has 1 N–H and O–H groups in total. The van der Waals surface area contributed by atoms with Gasteiger partial charge in [0.15, 0.2) is 5.82 Å². The summed E-state index contributed by atoms with van der Waals surface area (Å²) in [6.07, 6.45) is 4.14. The van der Waals surface area contributed by atoms with Crippen molar-refractivity contribution in [2.75, 3.05) is 13.1 Å². The molecule has 1 aliphatic carbocycles. The Morgan fingerprint density at radius 1 is 1.59 bits per heavy atom. The van der Waals surface area contributed by atoms with Crippen LogP contribution >= 0.6 is 0 Å². The Morgan fingerprint density at radius 2 is 2.41 bits per heavy atom. The van der Waals surface area contributed by atoms with Crippen LogP contribution in [-0.2, 0) is 6.54 Å². The Hall–Kier alpha value is -0.940. The van der Waals surface area contributed by atoms with Crippen LogP contribution in [-0.4, -0.2) is 39.7 Å². The molecule has 0 amide bonds. The molecule has 0 aromatic carbocycles. The summed E-state index contributed by atoms with van der Waals surface area (Å²) in [6, 6.07) is 0.528. The molecule has 1 aromatic heterocycles. The zero-order valence-corrected chi connectivity index (χ0v) is 10.5. The Bertz CT molecular complexity index is 376. The van der Waals surface area contributed by atoms with E-state index in [4.69, 9.17) is 4.52 Å². The van der Waals surface area contributed by atoms with E-state index in [-0.39, 0.29) is 5.54 Å². The molecule has 0 radical (unpaired) electrons. The third-order valence-corrected chi connectivity index (χ3v) is 4.19. The Balaban J connectivity index is 1.69. The van der Waals surface area contributed by atoms with E-state index in [9.17, 15) is 0 Å². The quantitative estimate of drug-likeness (QED) is 0.849. The largest absolute Gasteiger partial charge is 0.343 e. The van der Waals surface area contributed by atoms with Crippen LogP contribution in [0.3, 0.4) is 0 Å². The number of hydrogen-bond acceptors (Lipinski definition) is 5. The Morgan fingerprint density at radius 3 is 3.06 bits per heavy atom. The van der Waals surface area contributed by atoms with Crippen molar-refractivity contribution in [1.82, 2.24) is 20.4 Å². The van der Waals surface area contributed by atoms with Gasteiger partial charge in [-0.25, -0.2) is 0 Å². The first-order valence-corrected chi connectivity index (χ1v) is 6.42. The van der Waals surface area contributed by atoms with Gasteiger partial charge in [-0.05, 0) is 32.6 Å². The number of nitrogens with one attached hydrogen (secondary N) is 1. The van der Waals surface area contributed by atoms with Crippen LogP contribution in [0.15, 0.2) is 10.9 Å². The summed E-state index contributed by atoms with van der Waals surface area (Å²) in [7, 11) is 0. The van der Waals surface area contributed by atoms with E-state index in [1.165, 1.54) is 19.2 Å². The highest BCUT2D eigenvalue weighted by atomic mass is 16.5. The Labute approximate surface area is 102 Å². The zero-order chi connectivity index (χ0) is 11.9. The molecule has 1 saturated carbocycles. The van der Waals surface area contributed by atoms with Gasteiger partial charge in [-0.2, -0.15) is 4.98 Å². The van der Waals surface area contributed by atoms with E-state index in [1.807, 2.05) is 0 Å². The maximum atomic E-state index is 4.80. The predicted molar refractivity (Wildman–Crippen MR) is 63.3 cm³/mol. The lowest BCUT2D eigenvalue weighted by Gasteiger charge is -2.45. The molecule has 17 heavy (non-hydrogen) atoms. The highest BCUT2D eigenvalue weighted by molar-refractivity contribution is 5.04. The molecule has 94 valence electrons. The molecule has 1 aliphatic heterocycles. The van der Waals surface area contributed by atoms with Gasteiger partial charge >= 0.3 is 0 Å². The van der Waals surface area contributed by atoms with Gasteiger partial charge in [0, 0.05) is 24.7 Å². The highest BCUT2D eigenvalue weighted by Crippen LogP contribution is 2.41. The van der Waals surface area contributed by atoms with Crippen LogP contribution in [0.5, 0.6) is 0 Å². The van der Waals surface area contributed by atoms with Crippen LogP contribution in [0, 0.1) is 5.92 Å². The molecule has 1 saturated heterocycles. The van der Waals surface area contributed by atoms with Crippen molar-refractivity contribution in [3.8, 4) is 0 Å². The van der Waals surface area contributed by atoms with Crippen molar-refractivity contribution in [2.24, 2.45) is 5.92 Å². The summed E-state index contributed by atoms with van der Waals surface area (Å²) >= 11 is 0. The summed E-state index contributed by atoms with van der Waals surface area (Å²) in [5.74, 6) is 1.64. The maximum Gasteiger partial charge on any atom is 0.213 e. The topological polar surface area (TPSA) is 54.2 Å². The second kappa shape index (κ2) is 4.07. The number of nitrogens with zero attached hydrogens (tertiary/aromatic N) is 3. The fourth-order valence-corrected chi connectivity index (χ4v) is 2.79. The number of rotatable bonds is 3. The summed E-state index contributed by atoms with van der Waals surface area (Å²) in [5.41, 5.74) is 0.274. The number of hydrogen-bond donors (Lipinski definition) is 1. The minimum absolute atomic E-state index is 0.274. The van der Waals surface area contributed by atoms with Gasteiger partial charge in [0.1, 0.15) is 0 Å². The fraction of sp³-hybridized carbons (Fsp3) is 0.833. The van der Waals surface area contributed by atoms with E-state index >= 15 is 0 Å². The van der Waals surface area contributed by atoms with Crippen LogP contribution in [0.25, 0.3) is 0 Å². The molecule has 2 unspecified atom stereocenters. The molecule has 0 bridgehead atoms. The van der Waals surface area contributed by atoms with E-state index < -0.39 is 0 Å². The van der Waals surface area contributed by atoms with E-state index in [1.54, 1.807) is 0 Å². The lowest BCUT2D eigenvalue weighted by Crippen LogP contribution is -2.62. The molecule has 3 rings (SSSR count). The van der Waals surface area contributed by atoms with E-state index in [2.05, 4.69) is 34.2 Å². The minimum Gasteiger partial charge on any atom is -0.343 e.